The van der Waals surface area contributed by atoms with Crippen LogP contribution in [0, 0.1) is 46.3 Å². The number of methoxy groups -OCH3 is 1. The number of rotatable bonds is 12. The van der Waals surface area contributed by atoms with E-state index in [0.29, 0.717) is 58.8 Å². The molecule has 0 aromatic carbocycles. The minimum absolute atomic E-state index is 0.0800. The Bertz CT molecular complexity index is 986. The Morgan fingerprint density at radius 3 is 2.61 bits per heavy atom. The van der Waals surface area contributed by atoms with Gasteiger partial charge in [-0.1, -0.05) is 39.7 Å². The van der Waals surface area contributed by atoms with Crippen LogP contribution in [-0.4, -0.2) is 41.9 Å². The van der Waals surface area contributed by atoms with Crippen molar-refractivity contribution >= 4 is 5.97 Å². The van der Waals surface area contributed by atoms with Gasteiger partial charge in [-0.3, -0.25) is 9.78 Å². The summed E-state index contributed by atoms with van der Waals surface area (Å²) in [6, 6.07) is 6.82. The number of unbranched alkanes of at least 4 members (excludes halogenated alkanes) is 3. The number of carbonyl (C=O) groups excluding carboxylic acids is 1. The van der Waals surface area contributed by atoms with E-state index in [9.17, 15) is 9.90 Å². The third kappa shape index (κ3) is 6.56. The molecule has 0 bridgehead atoms. The predicted molar refractivity (Wildman–Crippen MR) is 165 cm³/mol. The van der Waals surface area contributed by atoms with Gasteiger partial charge in [0.25, 0.3) is 0 Å². The van der Waals surface area contributed by atoms with Gasteiger partial charge in [-0.05, 0) is 142 Å². The monoisotopic (exact) mass is 566 g/mol. The Hall–Kier alpha value is -1.46. The zero-order valence-corrected chi connectivity index (χ0v) is 26.5. The van der Waals surface area contributed by atoms with Gasteiger partial charge in [-0.2, -0.15) is 0 Å². The average Bonchev–Trinajstić information content (AvgIpc) is 3.33. The molecular weight excluding hydrogens is 508 g/mol. The van der Waals surface area contributed by atoms with E-state index >= 15 is 0 Å². The highest BCUT2D eigenvalue weighted by Crippen LogP contribution is 2.68. The molecule has 2 N–H and O–H groups in total. The summed E-state index contributed by atoms with van der Waals surface area (Å²) in [4.78, 5) is 16.3. The number of esters is 1. The van der Waals surface area contributed by atoms with Crippen molar-refractivity contribution in [3.8, 4) is 0 Å². The van der Waals surface area contributed by atoms with Crippen LogP contribution < -0.4 is 5.32 Å². The maximum absolute atomic E-state index is 11.8. The average molecular weight is 567 g/mol. The molecule has 0 spiro atoms. The minimum Gasteiger partial charge on any atom is -0.469 e. The second-order valence-electron chi connectivity index (χ2n) is 15.0. The van der Waals surface area contributed by atoms with Gasteiger partial charge in [-0.15, -0.1) is 0 Å². The van der Waals surface area contributed by atoms with Crippen molar-refractivity contribution in [2.45, 2.75) is 129 Å². The van der Waals surface area contributed by atoms with Crippen LogP contribution in [0.15, 0.2) is 24.4 Å². The molecule has 0 amide bonds. The van der Waals surface area contributed by atoms with Gasteiger partial charge in [0.15, 0.2) is 0 Å². The first-order valence-corrected chi connectivity index (χ1v) is 17.1. The first kappa shape index (κ1) is 31.0. The fourth-order valence-electron chi connectivity index (χ4n) is 10.7. The summed E-state index contributed by atoms with van der Waals surface area (Å²) < 4.78 is 4.93. The standard InChI is InChI=1S/C36H58N2O3/c1-25(13-16-33(40)41-4)29-14-15-30-34-31(18-20-36(29,30)3)35(2)19-17-28(23-26(35)24-32(34)39)38-21-9-6-5-7-11-27-12-8-10-22-37-27/h8,10,12,22,25-26,28-32,34,38-39H,5-7,9,11,13-21,23-24H2,1-4H3/t25-,26+,28-,29-,30?,31?,32?,34?,35+,36-/m1/s1. The number of hydrogen-bond acceptors (Lipinski definition) is 5. The third-order valence-corrected chi connectivity index (χ3v) is 13.0. The number of carbonyl (C=O) groups is 1. The molecule has 10 atom stereocenters. The van der Waals surface area contributed by atoms with Crippen molar-refractivity contribution in [2.24, 2.45) is 46.3 Å². The zero-order chi connectivity index (χ0) is 29.0. The topological polar surface area (TPSA) is 71.5 Å². The maximum Gasteiger partial charge on any atom is 0.305 e. The first-order valence-electron chi connectivity index (χ1n) is 17.1. The van der Waals surface area contributed by atoms with Crippen LogP contribution >= 0.6 is 0 Å². The number of ether oxygens (including phenoxy) is 1. The van der Waals surface area contributed by atoms with Crippen molar-refractivity contribution in [3.63, 3.8) is 0 Å². The van der Waals surface area contributed by atoms with E-state index in [-0.39, 0.29) is 12.1 Å². The highest BCUT2D eigenvalue weighted by atomic mass is 16.5. The number of fused-ring (bicyclic) bond motifs is 5. The van der Waals surface area contributed by atoms with Gasteiger partial charge < -0.3 is 15.2 Å². The number of nitrogens with one attached hydrogen (secondary N) is 1. The van der Waals surface area contributed by atoms with Gasteiger partial charge in [0, 0.05) is 24.4 Å². The molecule has 0 radical (unpaired) electrons. The molecule has 4 saturated carbocycles. The Balaban J connectivity index is 1.10. The summed E-state index contributed by atoms with van der Waals surface area (Å²) in [5.74, 6) is 3.51. The molecule has 1 heterocycles. The van der Waals surface area contributed by atoms with Crippen molar-refractivity contribution in [2.75, 3.05) is 13.7 Å². The lowest BCUT2D eigenvalue weighted by Crippen LogP contribution is -2.59. The van der Waals surface area contributed by atoms with E-state index < -0.39 is 0 Å². The van der Waals surface area contributed by atoms with Crippen LogP contribution in [0.5, 0.6) is 0 Å². The molecule has 0 saturated heterocycles. The predicted octanol–water partition coefficient (Wildman–Crippen LogP) is 7.36. The Morgan fingerprint density at radius 2 is 1.83 bits per heavy atom. The quantitative estimate of drug-likeness (QED) is 0.204. The fraction of sp³-hybridized carbons (Fsp3) is 0.833. The van der Waals surface area contributed by atoms with Crippen LogP contribution in [0.25, 0.3) is 0 Å². The fourth-order valence-corrected chi connectivity index (χ4v) is 10.7. The lowest BCUT2D eigenvalue weighted by Gasteiger charge is -2.62. The molecule has 1 aromatic heterocycles. The van der Waals surface area contributed by atoms with Crippen molar-refractivity contribution < 1.29 is 14.6 Å². The highest BCUT2D eigenvalue weighted by Gasteiger charge is 2.62. The van der Waals surface area contributed by atoms with Crippen LogP contribution in [-0.2, 0) is 16.0 Å². The summed E-state index contributed by atoms with van der Waals surface area (Å²) in [6.45, 7) is 8.63. The molecule has 5 heteroatoms. The summed E-state index contributed by atoms with van der Waals surface area (Å²) in [5.41, 5.74) is 1.90. The molecule has 1 aromatic rings. The molecule has 41 heavy (non-hydrogen) atoms. The normalized spacial score (nSPS) is 38.9. The number of aliphatic hydroxyl groups excluding tert-OH is 1. The lowest BCUT2D eigenvalue weighted by atomic mass is 9.43. The Kier molecular flexibility index (Phi) is 10.2. The number of aliphatic hydroxyl groups is 1. The van der Waals surface area contributed by atoms with Crippen LogP contribution in [0.2, 0.25) is 0 Å². The molecule has 230 valence electrons. The number of aryl methyl sites for hydroxylation is 1. The van der Waals surface area contributed by atoms with Gasteiger partial charge in [0.2, 0.25) is 0 Å². The van der Waals surface area contributed by atoms with E-state index in [2.05, 4.69) is 43.2 Å². The zero-order valence-electron chi connectivity index (χ0n) is 26.5. The van der Waals surface area contributed by atoms with Crippen LogP contribution in [0.4, 0.5) is 0 Å². The molecule has 4 aliphatic carbocycles. The van der Waals surface area contributed by atoms with Crippen LogP contribution in [0.1, 0.15) is 116 Å². The van der Waals surface area contributed by atoms with Crippen molar-refractivity contribution in [1.29, 1.82) is 0 Å². The third-order valence-electron chi connectivity index (χ3n) is 13.0. The molecule has 4 fully saturated rings. The largest absolute Gasteiger partial charge is 0.469 e. The lowest BCUT2D eigenvalue weighted by molar-refractivity contribution is -0.167. The van der Waals surface area contributed by atoms with E-state index in [1.165, 1.54) is 83.4 Å². The summed E-state index contributed by atoms with van der Waals surface area (Å²) in [5, 5.41) is 15.7. The second-order valence-corrected chi connectivity index (χ2v) is 15.0. The number of pyridine rings is 1. The van der Waals surface area contributed by atoms with E-state index in [4.69, 9.17) is 4.74 Å². The molecular formula is C36H58N2O3. The van der Waals surface area contributed by atoms with E-state index in [0.717, 1.165) is 25.8 Å². The molecule has 4 aliphatic rings. The first-order chi connectivity index (χ1) is 19.8. The summed E-state index contributed by atoms with van der Waals surface area (Å²) in [7, 11) is 1.50. The number of hydrogen-bond donors (Lipinski definition) is 2. The summed E-state index contributed by atoms with van der Waals surface area (Å²) in [6.07, 6.45) is 19.3. The van der Waals surface area contributed by atoms with E-state index in [1.54, 1.807) is 0 Å². The number of aromatic nitrogens is 1. The van der Waals surface area contributed by atoms with Crippen LogP contribution in [0.3, 0.4) is 0 Å². The van der Waals surface area contributed by atoms with Gasteiger partial charge in [0.1, 0.15) is 0 Å². The maximum atomic E-state index is 11.8. The van der Waals surface area contributed by atoms with Gasteiger partial charge >= 0.3 is 5.97 Å². The highest BCUT2D eigenvalue weighted by molar-refractivity contribution is 5.69. The van der Waals surface area contributed by atoms with Crippen molar-refractivity contribution in [1.82, 2.24) is 10.3 Å². The number of nitrogens with zero attached hydrogens (tertiary/aromatic N) is 1. The molecule has 5 nitrogen and oxygen atoms in total. The second kappa shape index (κ2) is 13.5. The SMILES string of the molecule is COC(=O)CC[C@@H](C)[C@H]1CCC2C3C(O)C[C@@H]4C[C@H](NCCCCCCc5ccccn5)CC[C@]4(C)C3CC[C@@]21C. The molecule has 5 rings (SSSR count). The molecule has 4 unspecified atom stereocenters. The van der Waals surface area contributed by atoms with Gasteiger partial charge in [-0.25, -0.2) is 0 Å². The van der Waals surface area contributed by atoms with Crippen molar-refractivity contribution in [3.05, 3.63) is 30.1 Å². The Labute approximate surface area is 250 Å². The Morgan fingerprint density at radius 1 is 1.05 bits per heavy atom. The van der Waals surface area contributed by atoms with E-state index in [1.807, 2.05) is 12.3 Å². The van der Waals surface area contributed by atoms with Gasteiger partial charge in [0.05, 0.1) is 13.2 Å². The minimum atomic E-state index is -0.148. The summed E-state index contributed by atoms with van der Waals surface area (Å²) >= 11 is 0. The smallest absolute Gasteiger partial charge is 0.305 e. The molecule has 0 aliphatic heterocycles.